The van der Waals surface area contributed by atoms with Gasteiger partial charge in [0, 0.05) is 43.4 Å². The van der Waals surface area contributed by atoms with Crippen LogP contribution in [0.2, 0.25) is 0 Å². The molecule has 314 valence electrons. The smallest absolute Gasteiger partial charge is 0.238 e. The average molecular weight is 865 g/mol. The Kier molecular flexibility index (Phi) is 7.72. The van der Waals surface area contributed by atoms with E-state index in [-0.39, 0.29) is 0 Å². The van der Waals surface area contributed by atoms with Crippen LogP contribution in [0.5, 0.6) is 0 Å². The highest BCUT2D eigenvalue weighted by Gasteiger charge is 2.23. The second-order valence-corrected chi connectivity index (χ2v) is 17.8. The SMILES string of the molecule is c1ccc(-c2nc(-c3ccccc3)nc(-n3c4ccccc4c4cc(-c5c6ccccc6c(-c6ccc7oc8c9cccc%10ccc%11cccc(c8c7c6)c%11c%109)c6ccccc56)ccc43)n2)cc1. The molecule has 3 heterocycles. The van der Waals surface area contributed by atoms with Crippen LogP contribution in [0.25, 0.3) is 149 Å². The minimum Gasteiger partial charge on any atom is -0.455 e. The molecule has 0 bridgehead atoms. The van der Waals surface area contributed by atoms with Crippen molar-refractivity contribution >= 4 is 97.6 Å². The Balaban J connectivity index is 0.955. The molecule has 0 N–H and O–H groups in total. The fourth-order valence-electron chi connectivity index (χ4n) is 11.3. The molecule has 0 aliphatic heterocycles. The Morgan fingerprint density at radius 1 is 0.309 bits per heavy atom. The van der Waals surface area contributed by atoms with Crippen LogP contribution >= 0.6 is 0 Å². The van der Waals surface area contributed by atoms with E-state index in [1.807, 2.05) is 36.4 Å². The number of benzene rings is 12. The van der Waals surface area contributed by atoms with Crippen molar-refractivity contribution in [1.82, 2.24) is 19.5 Å². The molecule has 0 fully saturated rings. The Labute approximate surface area is 389 Å². The second kappa shape index (κ2) is 14.2. The van der Waals surface area contributed by atoms with Gasteiger partial charge in [0.05, 0.1) is 11.0 Å². The van der Waals surface area contributed by atoms with Crippen molar-refractivity contribution in [1.29, 1.82) is 0 Å². The molecule has 68 heavy (non-hydrogen) atoms. The molecule has 5 heteroatoms. The monoisotopic (exact) mass is 864 g/mol. The zero-order valence-electron chi connectivity index (χ0n) is 36.5. The summed E-state index contributed by atoms with van der Waals surface area (Å²) in [4.78, 5) is 15.3. The molecule has 0 spiro atoms. The van der Waals surface area contributed by atoms with Gasteiger partial charge in [-0.25, -0.2) is 4.98 Å². The van der Waals surface area contributed by atoms with Gasteiger partial charge in [0.25, 0.3) is 0 Å². The third-order valence-electron chi connectivity index (χ3n) is 14.2. The summed E-state index contributed by atoms with van der Waals surface area (Å²) in [6.07, 6.45) is 0. The normalized spacial score (nSPS) is 12.1. The first-order valence-corrected chi connectivity index (χ1v) is 23.1. The lowest BCUT2D eigenvalue weighted by Gasteiger charge is -2.18. The molecule has 0 saturated carbocycles. The van der Waals surface area contributed by atoms with Gasteiger partial charge in [-0.15, -0.1) is 0 Å². The molecule has 0 radical (unpaired) electrons. The van der Waals surface area contributed by atoms with E-state index >= 15 is 0 Å². The van der Waals surface area contributed by atoms with E-state index in [4.69, 9.17) is 19.4 Å². The van der Waals surface area contributed by atoms with Crippen molar-refractivity contribution in [3.05, 3.63) is 218 Å². The van der Waals surface area contributed by atoms with Crippen LogP contribution in [0, 0.1) is 0 Å². The maximum Gasteiger partial charge on any atom is 0.238 e. The largest absolute Gasteiger partial charge is 0.455 e. The lowest BCUT2D eigenvalue weighted by atomic mass is 9.85. The summed E-state index contributed by atoms with van der Waals surface area (Å²) in [5, 5.41) is 16.8. The van der Waals surface area contributed by atoms with E-state index in [9.17, 15) is 0 Å². The van der Waals surface area contributed by atoms with Crippen molar-refractivity contribution in [2.45, 2.75) is 0 Å². The van der Waals surface area contributed by atoms with Crippen LogP contribution in [-0.2, 0) is 0 Å². The van der Waals surface area contributed by atoms with Gasteiger partial charge in [0.15, 0.2) is 11.6 Å². The molecule has 3 aromatic heterocycles. The first-order chi connectivity index (χ1) is 33.7. The average Bonchev–Trinajstić information content (AvgIpc) is 3.96. The number of hydrogen-bond acceptors (Lipinski definition) is 4. The van der Waals surface area contributed by atoms with Crippen molar-refractivity contribution < 1.29 is 4.42 Å². The molecule has 0 unspecified atom stereocenters. The molecule has 0 aliphatic carbocycles. The Morgan fingerprint density at radius 2 is 0.794 bits per heavy atom. The fraction of sp³-hybridized carbons (Fsp3) is 0. The number of fused-ring (bicyclic) bond motifs is 10. The van der Waals surface area contributed by atoms with Crippen molar-refractivity contribution in [2.75, 3.05) is 0 Å². The predicted molar refractivity (Wildman–Crippen MR) is 282 cm³/mol. The van der Waals surface area contributed by atoms with E-state index < -0.39 is 0 Å². The maximum atomic E-state index is 6.85. The van der Waals surface area contributed by atoms with E-state index in [1.165, 1.54) is 65.0 Å². The van der Waals surface area contributed by atoms with Crippen LogP contribution in [0.15, 0.2) is 223 Å². The highest BCUT2D eigenvalue weighted by atomic mass is 16.3. The van der Waals surface area contributed by atoms with Gasteiger partial charge in [-0.1, -0.05) is 188 Å². The van der Waals surface area contributed by atoms with Gasteiger partial charge in [0.1, 0.15) is 11.2 Å². The van der Waals surface area contributed by atoms with Crippen LogP contribution in [0.1, 0.15) is 0 Å². The molecule has 0 aliphatic rings. The van der Waals surface area contributed by atoms with Gasteiger partial charge in [-0.05, 0) is 95.7 Å². The molecular formula is C63H36N4O. The minimum absolute atomic E-state index is 0.575. The number of rotatable bonds is 5. The molecule has 0 saturated heterocycles. The van der Waals surface area contributed by atoms with Crippen LogP contribution < -0.4 is 0 Å². The summed E-state index contributed by atoms with van der Waals surface area (Å²) in [6, 6.07) is 78.1. The number of nitrogens with zero attached hydrogens (tertiary/aromatic N) is 4. The van der Waals surface area contributed by atoms with Crippen LogP contribution in [0.4, 0.5) is 0 Å². The quantitative estimate of drug-likeness (QED) is 0.128. The first-order valence-electron chi connectivity index (χ1n) is 23.1. The summed E-state index contributed by atoms with van der Waals surface area (Å²) in [5.74, 6) is 1.83. The molecule has 0 amide bonds. The minimum atomic E-state index is 0.575. The Morgan fingerprint density at radius 3 is 1.41 bits per heavy atom. The van der Waals surface area contributed by atoms with Gasteiger partial charge in [-0.3, -0.25) is 4.57 Å². The fourth-order valence-corrected chi connectivity index (χ4v) is 11.3. The zero-order chi connectivity index (χ0) is 44.5. The van der Waals surface area contributed by atoms with E-state index in [0.717, 1.165) is 66.0 Å². The molecule has 15 rings (SSSR count). The highest BCUT2D eigenvalue weighted by molar-refractivity contribution is 6.37. The Bertz CT molecular complexity index is 4440. The number of para-hydroxylation sites is 1. The number of aromatic nitrogens is 4. The summed E-state index contributed by atoms with van der Waals surface area (Å²) >= 11 is 0. The zero-order valence-corrected chi connectivity index (χ0v) is 36.5. The molecule has 12 aromatic carbocycles. The van der Waals surface area contributed by atoms with Gasteiger partial charge in [0.2, 0.25) is 5.95 Å². The molecule has 0 atom stereocenters. The first kappa shape index (κ1) is 37.1. The van der Waals surface area contributed by atoms with Crippen LogP contribution in [0.3, 0.4) is 0 Å². The van der Waals surface area contributed by atoms with Gasteiger partial charge >= 0.3 is 0 Å². The summed E-state index contributed by atoms with van der Waals surface area (Å²) in [5.41, 5.74) is 10.5. The van der Waals surface area contributed by atoms with Crippen molar-refractivity contribution in [3.63, 3.8) is 0 Å². The van der Waals surface area contributed by atoms with E-state index in [1.54, 1.807) is 0 Å². The third kappa shape index (κ3) is 5.29. The topological polar surface area (TPSA) is 56.7 Å². The predicted octanol–water partition coefficient (Wildman–Crippen LogP) is 16.7. The number of furan rings is 1. The summed E-state index contributed by atoms with van der Waals surface area (Å²) in [7, 11) is 0. The van der Waals surface area contributed by atoms with Gasteiger partial charge in [-0.2, -0.15) is 9.97 Å². The molecule has 15 aromatic rings. The van der Waals surface area contributed by atoms with Crippen molar-refractivity contribution in [2.24, 2.45) is 0 Å². The van der Waals surface area contributed by atoms with E-state index in [0.29, 0.717) is 17.6 Å². The highest BCUT2D eigenvalue weighted by Crippen LogP contribution is 2.48. The lowest BCUT2D eigenvalue weighted by molar-refractivity contribution is 0.673. The molecular weight excluding hydrogens is 829 g/mol. The standard InChI is InChI=1S/C63H36N4O/c1-3-15-39(16-4-1)61-64-62(40-17-5-2-6-18-40)66-63(65-61)67-52-28-12-11-21-43(52)50-35-41(31-33-53(50)67)55-44-22-7-9-24-46(44)56(47-25-10-8-23-45(47)55)42-32-34-54-51(36-42)59-48-26-13-19-37-29-30-38-20-14-27-49(60(59)68-54)58(38)57(37)48/h1-36H. The van der Waals surface area contributed by atoms with Gasteiger partial charge < -0.3 is 4.42 Å². The summed E-state index contributed by atoms with van der Waals surface area (Å²) < 4.78 is 9.04. The third-order valence-corrected chi connectivity index (χ3v) is 14.2. The second-order valence-electron chi connectivity index (χ2n) is 17.8. The van der Waals surface area contributed by atoms with E-state index in [2.05, 4.69) is 187 Å². The Hall–Kier alpha value is -9.19. The molecule has 5 nitrogen and oxygen atoms in total. The van der Waals surface area contributed by atoms with Crippen molar-refractivity contribution in [3.8, 4) is 51.0 Å². The summed E-state index contributed by atoms with van der Waals surface area (Å²) in [6.45, 7) is 0. The maximum absolute atomic E-state index is 6.85. The van der Waals surface area contributed by atoms with Crippen LogP contribution in [-0.4, -0.2) is 19.5 Å². The number of hydrogen-bond donors (Lipinski definition) is 0. The lowest BCUT2D eigenvalue weighted by Crippen LogP contribution is -2.06.